The molecule has 0 aromatic heterocycles. The normalized spacial score (nSPS) is 19.3. The highest BCUT2D eigenvalue weighted by atomic mass is 32.2. The Kier molecular flexibility index (Phi) is 6.65. The van der Waals surface area contributed by atoms with E-state index in [4.69, 9.17) is 4.74 Å². The molecule has 0 saturated carbocycles. The Labute approximate surface area is 192 Å². The smallest absolute Gasteiger partial charge is 0.310 e. The minimum Gasteiger partial charge on any atom is -0.466 e. The molecule has 0 aliphatic carbocycles. The van der Waals surface area contributed by atoms with Gasteiger partial charge in [-0.05, 0) is 56.5 Å². The molecule has 2 aromatic carbocycles. The molecule has 7 heteroatoms. The number of esters is 1. The van der Waals surface area contributed by atoms with Crippen molar-refractivity contribution in [1.29, 1.82) is 0 Å². The van der Waals surface area contributed by atoms with Gasteiger partial charge in [-0.15, -0.1) is 0 Å². The summed E-state index contributed by atoms with van der Waals surface area (Å²) in [7, 11) is 0. The molecule has 2 aromatic rings. The lowest BCUT2D eigenvalue weighted by Crippen LogP contribution is -2.42. The lowest BCUT2D eigenvalue weighted by molar-refractivity contribution is -0.149. The second-order valence-electron chi connectivity index (χ2n) is 8.03. The Morgan fingerprint density at radius 2 is 2.00 bits per heavy atom. The first-order valence-electron chi connectivity index (χ1n) is 10.8. The summed E-state index contributed by atoms with van der Waals surface area (Å²) in [6.45, 7) is 5.11. The number of thioether (sulfide) groups is 1. The van der Waals surface area contributed by atoms with E-state index in [1.54, 1.807) is 24.0 Å². The van der Waals surface area contributed by atoms with Crippen molar-refractivity contribution < 1.29 is 19.1 Å². The van der Waals surface area contributed by atoms with Crippen LogP contribution >= 0.6 is 11.8 Å². The van der Waals surface area contributed by atoms with Crippen molar-refractivity contribution in [2.75, 3.05) is 25.0 Å². The number of aryl methyl sites for hydroxylation is 1. The lowest BCUT2D eigenvalue weighted by atomic mass is 9.97. The van der Waals surface area contributed by atoms with Crippen molar-refractivity contribution in [1.82, 2.24) is 4.90 Å². The van der Waals surface area contributed by atoms with Crippen LogP contribution in [0.25, 0.3) is 6.08 Å². The van der Waals surface area contributed by atoms with Crippen molar-refractivity contribution in [3.8, 4) is 0 Å². The Morgan fingerprint density at radius 3 is 2.75 bits per heavy atom. The maximum atomic E-state index is 13.1. The Bertz CT molecular complexity index is 1080. The molecule has 1 N–H and O–H groups in total. The standard InChI is InChI=1S/C25H26N2O4S/c1-3-31-25(30)19-5-4-12-27(15-19)24(29)18-10-11-21-20(14-18)26-23(28)22(32-21)13-17-8-6-16(2)7-9-17/h6-11,13-14,19H,3-5,12,15H2,1-2H3,(H,26,28). The average molecular weight is 451 g/mol. The minimum absolute atomic E-state index is 0.137. The predicted molar refractivity (Wildman–Crippen MR) is 125 cm³/mol. The summed E-state index contributed by atoms with van der Waals surface area (Å²) >= 11 is 1.39. The molecule has 1 fully saturated rings. The van der Waals surface area contributed by atoms with Crippen molar-refractivity contribution in [2.45, 2.75) is 31.6 Å². The van der Waals surface area contributed by atoms with E-state index in [-0.39, 0.29) is 23.7 Å². The molecule has 0 radical (unpaired) electrons. The van der Waals surface area contributed by atoms with E-state index in [1.807, 2.05) is 43.3 Å². The first kappa shape index (κ1) is 22.1. The summed E-state index contributed by atoms with van der Waals surface area (Å²) in [6, 6.07) is 13.4. The van der Waals surface area contributed by atoms with Crippen LogP contribution in [0.3, 0.4) is 0 Å². The summed E-state index contributed by atoms with van der Waals surface area (Å²) < 4.78 is 5.13. The van der Waals surface area contributed by atoms with E-state index < -0.39 is 0 Å². The van der Waals surface area contributed by atoms with Crippen molar-refractivity contribution >= 4 is 41.3 Å². The average Bonchev–Trinajstić information content (AvgIpc) is 2.80. The molecule has 4 rings (SSSR count). The summed E-state index contributed by atoms with van der Waals surface area (Å²) in [4.78, 5) is 41.0. The van der Waals surface area contributed by atoms with Gasteiger partial charge in [-0.1, -0.05) is 41.6 Å². The molecule has 1 saturated heterocycles. The monoisotopic (exact) mass is 450 g/mol. The Balaban J connectivity index is 1.49. The molecular formula is C25H26N2O4S. The van der Waals surface area contributed by atoms with Crippen molar-refractivity contribution in [3.05, 3.63) is 64.1 Å². The van der Waals surface area contributed by atoms with Crippen LogP contribution in [0.4, 0.5) is 5.69 Å². The number of piperidine rings is 1. The molecule has 1 unspecified atom stereocenters. The molecule has 2 heterocycles. The maximum Gasteiger partial charge on any atom is 0.310 e. The number of ether oxygens (including phenoxy) is 1. The molecule has 166 valence electrons. The fraction of sp³-hybridized carbons (Fsp3) is 0.320. The number of carbonyl (C=O) groups is 3. The van der Waals surface area contributed by atoms with Gasteiger partial charge in [0, 0.05) is 23.5 Å². The number of likely N-dealkylation sites (tertiary alicyclic amines) is 1. The number of rotatable bonds is 4. The second kappa shape index (κ2) is 9.61. The van der Waals surface area contributed by atoms with Crippen LogP contribution in [0.5, 0.6) is 0 Å². The van der Waals surface area contributed by atoms with E-state index in [1.165, 1.54) is 11.8 Å². The predicted octanol–water partition coefficient (Wildman–Crippen LogP) is 4.50. The van der Waals surface area contributed by atoms with Crippen LogP contribution < -0.4 is 5.32 Å². The van der Waals surface area contributed by atoms with Gasteiger partial charge in [-0.2, -0.15) is 0 Å². The Morgan fingerprint density at radius 1 is 1.22 bits per heavy atom. The molecule has 2 amide bonds. The number of fused-ring (bicyclic) bond motifs is 1. The van der Waals surface area contributed by atoms with E-state index >= 15 is 0 Å². The van der Waals surface area contributed by atoms with Gasteiger partial charge < -0.3 is 15.0 Å². The van der Waals surface area contributed by atoms with Crippen LogP contribution in [0.15, 0.2) is 52.3 Å². The van der Waals surface area contributed by atoms with Gasteiger partial charge in [0.1, 0.15) is 0 Å². The van der Waals surface area contributed by atoms with Crippen LogP contribution in [0, 0.1) is 12.8 Å². The second-order valence-corrected chi connectivity index (χ2v) is 9.11. The lowest BCUT2D eigenvalue weighted by Gasteiger charge is -2.32. The SMILES string of the molecule is CCOC(=O)C1CCCN(C(=O)c2ccc3c(c2)NC(=O)C(=Cc2ccc(C)cc2)S3)C1. The van der Waals surface area contributed by atoms with E-state index in [0.29, 0.717) is 35.9 Å². The molecule has 2 aliphatic heterocycles. The number of anilines is 1. The minimum atomic E-state index is -0.282. The number of amides is 2. The zero-order valence-corrected chi connectivity index (χ0v) is 19.0. The molecular weight excluding hydrogens is 424 g/mol. The highest BCUT2D eigenvalue weighted by Gasteiger charge is 2.30. The van der Waals surface area contributed by atoms with Gasteiger partial charge in [0.2, 0.25) is 0 Å². The number of hydrogen-bond donors (Lipinski definition) is 1. The first-order valence-corrected chi connectivity index (χ1v) is 11.6. The molecule has 0 spiro atoms. The van der Waals surface area contributed by atoms with Crippen LogP contribution in [0.1, 0.15) is 41.3 Å². The van der Waals surface area contributed by atoms with E-state index in [2.05, 4.69) is 5.32 Å². The van der Waals surface area contributed by atoms with Gasteiger partial charge in [0.05, 0.1) is 23.1 Å². The third-order valence-electron chi connectivity index (χ3n) is 5.62. The van der Waals surface area contributed by atoms with Gasteiger partial charge in [-0.3, -0.25) is 14.4 Å². The highest BCUT2D eigenvalue weighted by molar-refractivity contribution is 8.04. The molecule has 2 aliphatic rings. The number of nitrogens with one attached hydrogen (secondary N) is 1. The summed E-state index contributed by atoms with van der Waals surface area (Å²) in [5, 5.41) is 2.91. The van der Waals surface area contributed by atoms with Gasteiger partial charge in [-0.25, -0.2) is 0 Å². The first-order chi connectivity index (χ1) is 15.4. The number of carbonyl (C=O) groups excluding carboxylic acids is 3. The fourth-order valence-corrected chi connectivity index (χ4v) is 4.84. The summed E-state index contributed by atoms with van der Waals surface area (Å²) in [5.74, 6) is -0.850. The number of hydrogen-bond acceptors (Lipinski definition) is 5. The molecule has 0 bridgehead atoms. The fourth-order valence-electron chi connectivity index (χ4n) is 3.90. The van der Waals surface area contributed by atoms with Gasteiger partial charge >= 0.3 is 5.97 Å². The van der Waals surface area contributed by atoms with E-state index in [0.717, 1.165) is 28.9 Å². The zero-order chi connectivity index (χ0) is 22.7. The van der Waals surface area contributed by atoms with Crippen molar-refractivity contribution in [2.24, 2.45) is 5.92 Å². The number of nitrogens with zero attached hydrogens (tertiary/aromatic N) is 1. The van der Waals surface area contributed by atoms with Crippen LogP contribution in [-0.2, 0) is 14.3 Å². The zero-order valence-electron chi connectivity index (χ0n) is 18.2. The number of benzene rings is 2. The van der Waals surface area contributed by atoms with Crippen LogP contribution in [-0.4, -0.2) is 42.4 Å². The largest absolute Gasteiger partial charge is 0.466 e. The summed E-state index contributed by atoms with van der Waals surface area (Å²) in [6.07, 6.45) is 3.36. The topological polar surface area (TPSA) is 75.7 Å². The van der Waals surface area contributed by atoms with Crippen LogP contribution in [0.2, 0.25) is 0 Å². The van der Waals surface area contributed by atoms with E-state index in [9.17, 15) is 14.4 Å². The third-order valence-corrected chi connectivity index (χ3v) is 6.72. The molecule has 32 heavy (non-hydrogen) atoms. The quantitative estimate of drug-likeness (QED) is 0.549. The Hall–Kier alpha value is -3.06. The maximum absolute atomic E-state index is 13.1. The molecule has 1 atom stereocenters. The van der Waals surface area contributed by atoms with Crippen molar-refractivity contribution in [3.63, 3.8) is 0 Å². The molecule has 6 nitrogen and oxygen atoms in total. The summed E-state index contributed by atoms with van der Waals surface area (Å²) in [5.41, 5.74) is 3.26. The van der Waals surface area contributed by atoms with Gasteiger partial charge in [0.15, 0.2) is 0 Å². The highest BCUT2D eigenvalue weighted by Crippen LogP contribution is 2.39. The third kappa shape index (κ3) is 4.88. The van der Waals surface area contributed by atoms with Gasteiger partial charge in [0.25, 0.3) is 11.8 Å².